The molecule has 1 aliphatic heterocycles. The van der Waals surface area contributed by atoms with Crippen LogP contribution in [0.1, 0.15) is 32.1 Å². The minimum Gasteiger partial charge on any atom is -0.494 e. The van der Waals surface area contributed by atoms with Gasteiger partial charge in [0.05, 0.1) is 30.2 Å². The van der Waals surface area contributed by atoms with E-state index in [4.69, 9.17) is 14.2 Å². The van der Waals surface area contributed by atoms with Crippen molar-refractivity contribution in [1.29, 1.82) is 0 Å². The van der Waals surface area contributed by atoms with Crippen LogP contribution in [0, 0.1) is 12.1 Å². The first-order chi connectivity index (χ1) is 14.2. The number of aromatic amines is 1. The van der Waals surface area contributed by atoms with Gasteiger partial charge in [0.1, 0.15) is 5.75 Å². The first kappa shape index (κ1) is 21.2. The van der Waals surface area contributed by atoms with Crippen molar-refractivity contribution in [2.24, 2.45) is 0 Å². The molecule has 1 aliphatic rings. The molecule has 29 heavy (non-hydrogen) atoms. The van der Waals surface area contributed by atoms with Crippen LogP contribution in [0.4, 0.5) is 0 Å². The number of carbonyl (C=O) groups excluding carboxylic acids is 1. The van der Waals surface area contributed by atoms with Crippen LogP contribution in [-0.4, -0.2) is 61.9 Å². The SMILES string of the molecule is COCCN(CC1CCCCO1)C(=O)CCCOc1ccc2[nH]c(=O)c#cc2c1. The average Bonchev–Trinajstić information content (AvgIpc) is 2.74. The maximum Gasteiger partial charge on any atom is 0.300 e. The summed E-state index contributed by atoms with van der Waals surface area (Å²) in [5.74, 6) is 0.771. The molecule has 2 aromatic rings. The number of fused-ring (bicyclic) bond motifs is 1. The molecule has 2 heterocycles. The number of aromatic nitrogens is 1. The number of nitrogens with one attached hydrogen (secondary N) is 1. The molecule has 1 fully saturated rings. The summed E-state index contributed by atoms with van der Waals surface area (Å²) in [6, 6.07) is 10.7. The van der Waals surface area contributed by atoms with Crippen molar-refractivity contribution in [2.75, 3.05) is 40.0 Å². The molecule has 1 aromatic heterocycles. The number of hydrogen-bond donors (Lipinski definition) is 1. The number of H-pyrrole nitrogens is 1. The fourth-order valence-electron chi connectivity index (χ4n) is 3.39. The summed E-state index contributed by atoms with van der Waals surface area (Å²) < 4.78 is 16.7. The lowest BCUT2D eigenvalue weighted by atomic mass is 10.1. The number of benzene rings is 1. The molecule has 0 spiro atoms. The quantitative estimate of drug-likeness (QED) is 0.619. The second-order valence-corrected chi connectivity index (χ2v) is 7.18. The van der Waals surface area contributed by atoms with Gasteiger partial charge in [-0.25, -0.2) is 0 Å². The zero-order valence-corrected chi connectivity index (χ0v) is 16.9. The molecule has 1 unspecified atom stereocenters. The third-order valence-corrected chi connectivity index (χ3v) is 4.97. The summed E-state index contributed by atoms with van der Waals surface area (Å²) in [6.07, 6.45) is 4.41. The molecule has 0 saturated carbocycles. The molecular formula is C22H28N2O5. The number of hydrogen-bond acceptors (Lipinski definition) is 5. The molecule has 1 aromatic carbocycles. The lowest BCUT2D eigenvalue weighted by Gasteiger charge is -2.30. The van der Waals surface area contributed by atoms with E-state index in [9.17, 15) is 9.59 Å². The molecule has 1 saturated heterocycles. The van der Waals surface area contributed by atoms with Gasteiger partial charge in [-0.2, -0.15) is 0 Å². The van der Waals surface area contributed by atoms with Gasteiger partial charge in [-0.1, -0.05) is 6.07 Å². The van der Waals surface area contributed by atoms with Gasteiger partial charge in [-0.05, 0) is 43.9 Å². The molecule has 7 nitrogen and oxygen atoms in total. The zero-order chi connectivity index (χ0) is 20.5. The summed E-state index contributed by atoms with van der Waals surface area (Å²) in [5, 5.41) is 0.733. The van der Waals surface area contributed by atoms with E-state index >= 15 is 0 Å². The fraction of sp³-hybridized carbons (Fsp3) is 0.545. The first-order valence-electron chi connectivity index (χ1n) is 10.1. The molecule has 7 heteroatoms. The minimum atomic E-state index is -0.304. The Balaban J connectivity index is 1.46. The van der Waals surface area contributed by atoms with Gasteiger partial charge in [0.2, 0.25) is 5.91 Å². The van der Waals surface area contributed by atoms with Crippen molar-refractivity contribution >= 4 is 16.8 Å². The fourth-order valence-corrected chi connectivity index (χ4v) is 3.39. The molecule has 3 rings (SSSR count). The average molecular weight is 400 g/mol. The van der Waals surface area contributed by atoms with Gasteiger partial charge in [0.15, 0.2) is 0 Å². The highest BCUT2D eigenvalue weighted by atomic mass is 16.5. The van der Waals surface area contributed by atoms with Crippen molar-refractivity contribution in [3.63, 3.8) is 0 Å². The lowest BCUT2D eigenvalue weighted by Crippen LogP contribution is -2.41. The number of methoxy groups -OCH3 is 1. The Hall–Kier alpha value is -2.56. The maximum atomic E-state index is 12.7. The maximum absolute atomic E-state index is 12.7. The number of carbonyl (C=O) groups is 1. The Bertz CT molecular complexity index is 844. The zero-order valence-electron chi connectivity index (χ0n) is 16.9. The van der Waals surface area contributed by atoms with Crippen LogP contribution < -0.4 is 10.3 Å². The molecular weight excluding hydrogens is 372 g/mol. The summed E-state index contributed by atoms with van der Waals surface area (Å²) >= 11 is 0. The van der Waals surface area contributed by atoms with Gasteiger partial charge in [-0.15, -0.1) is 0 Å². The smallest absolute Gasteiger partial charge is 0.300 e. The van der Waals surface area contributed by atoms with Crippen molar-refractivity contribution < 1.29 is 19.0 Å². The monoisotopic (exact) mass is 400 g/mol. The van der Waals surface area contributed by atoms with Crippen molar-refractivity contribution in [2.45, 2.75) is 38.2 Å². The lowest BCUT2D eigenvalue weighted by molar-refractivity contribution is -0.134. The predicted octanol–water partition coefficient (Wildman–Crippen LogP) is 2.33. The third kappa shape index (κ3) is 6.48. The molecule has 0 aliphatic carbocycles. The molecule has 1 atom stereocenters. The summed E-state index contributed by atoms with van der Waals surface area (Å²) in [6.45, 7) is 2.92. The van der Waals surface area contributed by atoms with Crippen molar-refractivity contribution in [1.82, 2.24) is 9.88 Å². The van der Waals surface area contributed by atoms with E-state index in [2.05, 4.69) is 17.1 Å². The van der Waals surface area contributed by atoms with E-state index in [1.165, 1.54) is 0 Å². The predicted molar refractivity (Wildman–Crippen MR) is 109 cm³/mol. The van der Waals surface area contributed by atoms with Gasteiger partial charge < -0.3 is 24.1 Å². The van der Waals surface area contributed by atoms with Crippen LogP contribution >= 0.6 is 0 Å². The van der Waals surface area contributed by atoms with Gasteiger partial charge >= 0.3 is 5.56 Å². The highest BCUT2D eigenvalue weighted by Crippen LogP contribution is 2.18. The Kier molecular flexibility index (Phi) is 7.91. The summed E-state index contributed by atoms with van der Waals surface area (Å²) in [7, 11) is 1.64. The highest BCUT2D eigenvalue weighted by Gasteiger charge is 2.21. The number of rotatable bonds is 10. The Morgan fingerprint density at radius 2 is 2.21 bits per heavy atom. The number of amides is 1. The molecule has 0 radical (unpaired) electrons. The van der Waals surface area contributed by atoms with E-state index in [1.54, 1.807) is 25.3 Å². The van der Waals surface area contributed by atoms with Gasteiger partial charge in [0, 0.05) is 39.3 Å². The normalized spacial score (nSPS) is 16.4. The van der Waals surface area contributed by atoms with E-state index in [0.717, 1.165) is 31.3 Å². The molecule has 156 valence electrons. The largest absolute Gasteiger partial charge is 0.494 e. The number of ether oxygens (including phenoxy) is 3. The summed E-state index contributed by atoms with van der Waals surface area (Å²) in [4.78, 5) is 28.5. The van der Waals surface area contributed by atoms with Crippen LogP contribution in [0.15, 0.2) is 23.0 Å². The second-order valence-electron chi connectivity index (χ2n) is 7.18. The topological polar surface area (TPSA) is 80.9 Å². The van der Waals surface area contributed by atoms with E-state index in [1.807, 2.05) is 4.90 Å². The van der Waals surface area contributed by atoms with Gasteiger partial charge in [0.25, 0.3) is 0 Å². The Morgan fingerprint density at radius 1 is 1.31 bits per heavy atom. The van der Waals surface area contributed by atoms with Crippen LogP contribution in [0.3, 0.4) is 0 Å². The highest BCUT2D eigenvalue weighted by molar-refractivity contribution is 5.78. The first-order valence-corrected chi connectivity index (χ1v) is 10.1. The van der Waals surface area contributed by atoms with Gasteiger partial charge in [-0.3, -0.25) is 9.59 Å². The standard InChI is InChI=1S/C22H28N2O5/c1-27-14-11-24(16-19-5-2-3-12-29-19)22(26)6-4-13-28-18-8-9-20-17(15-18)7-10-21(25)23-20/h8-9,15,19H,2-6,11-14,16H2,1H3,(H,23,25). The van der Waals surface area contributed by atoms with E-state index in [-0.39, 0.29) is 17.6 Å². The van der Waals surface area contributed by atoms with Crippen LogP contribution in [0.2, 0.25) is 0 Å². The van der Waals surface area contributed by atoms with Crippen molar-refractivity contribution in [3.8, 4) is 5.75 Å². The molecule has 1 amide bonds. The van der Waals surface area contributed by atoms with Crippen molar-refractivity contribution in [3.05, 3.63) is 40.7 Å². The minimum absolute atomic E-state index is 0.0962. The van der Waals surface area contributed by atoms with E-state index < -0.39 is 0 Å². The Labute approximate surface area is 170 Å². The number of nitrogens with zero attached hydrogens (tertiary/aromatic N) is 1. The summed E-state index contributed by atoms with van der Waals surface area (Å²) in [5.41, 5.74) is 0.385. The van der Waals surface area contributed by atoms with E-state index in [0.29, 0.717) is 50.4 Å². The Morgan fingerprint density at radius 3 is 3.00 bits per heavy atom. The van der Waals surface area contributed by atoms with Crippen LogP contribution in [0.25, 0.3) is 10.9 Å². The van der Waals surface area contributed by atoms with Crippen LogP contribution in [0.5, 0.6) is 5.75 Å². The molecule has 0 bridgehead atoms. The third-order valence-electron chi connectivity index (χ3n) is 4.97. The second kappa shape index (κ2) is 10.8. The molecule has 1 N–H and O–H groups in total. The van der Waals surface area contributed by atoms with Crippen LogP contribution in [-0.2, 0) is 14.3 Å².